The predicted molar refractivity (Wildman–Crippen MR) is 120 cm³/mol. The van der Waals surface area contributed by atoms with Crippen LogP contribution in [0, 0.1) is 33.5 Å². The molecule has 0 heterocycles. The summed E-state index contributed by atoms with van der Waals surface area (Å²) in [4.78, 5) is 36.2. The number of hydrogen-bond acceptors (Lipinski definition) is 4. The van der Waals surface area contributed by atoms with E-state index in [2.05, 4.69) is 16.0 Å². The lowest BCUT2D eigenvalue weighted by Gasteiger charge is -2.14. The van der Waals surface area contributed by atoms with Gasteiger partial charge in [0, 0.05) is 22.5 Å². The van der Waals surface area contributed by atoms with Gasteiger partial charge in [-0.3, -0.25) is 14.4 Å². The van der Waals surface area contributed by atoms with Gasteiger partial charge in [-0.1, -0.05) is 17.7 Å². The molecule has 4 N–H and O–H groups in total. The number of carbonyl (C=O) groups is 3. The number of nitrogens with one attached hydrogen (secondary N) is 4. The second-order valence-electron chi connectivity index (χ2n) is 7.88. The molecule has 0 aliphatic heterocycles. The zero-order valence-corrected chi connectivity index (χ0v) is 19.2. The molecular formula is C23H26F4N4O3. The molecule has 0 aromatic heterocycles. The molecule has 0 saturated carbocycles. The zero-order chi connectivity index (χ0) is 25.6. The molecule has 3 amide bonds. The summed E-state index contributed by atoms with van der Waals surface area (Å²) in [6, 6.07) is 5.80. The second-order valence-corrected chi connectivity index (χ2v) is 7.88. The van der Waals surface area contributed by atoms with Crippen LogP contribution in [0.1, 0.15) is 32.6 Å². The molecule has 0 fully saturated rings. The highest BCUT2D eigenvalue weighted by Gasteiger charge is 2.28. The Kier molecular flexibility index (Phi) is 8.61. The molecule has 0 saturated heterocycles. The molecule has 0 atom stereocenters. The van der Waals surface area contributed by atoms with Crippen LogP contribution in [0.5, 0.6) is 0 Å². The summed E-state index contributed by atoms with van der Waals surface area (Å²) in [5.74, 6) is -2.96. The largest absolute Gasteiger partial charge is 0.405 e. The Morgan fingerprint density at radius 2 is 1.47 bits per heavy atom. The minimum absolute atomic E-state index is 0.0580. The Balaban J connectivity index is 1.93. The van der Waals surface area contributed by atoms with Gasteiger partial charge in [-0.25, -0.2) is 4.39 Å². The van der Waals surface area contributed by atoms with E-state index in [4.69, 9.17) is 0 Å². The average Bonchev–Trinajstić information content (AvgIpc) is 2.73. The molecule has 0 aliphatic carbocycles. The fraction of sp³-hybridized carbons (Fsp3) is 0.348. The lowest BCUT2D eigenvalue weighted by atomic mass is 10.1. The maximum Gasteiger partial charge on any atom is 0.405 e. The van der Waals surface area contributed by atoms with E-state index in [0.717, 1.165) is 28.8 Å². The standard InChI is InChI=1S/C23H26F4N4O3/c1-12-5-13(2)21(14(3)6-12)31-20(33)10-29-19(32)9-28-18-8-16(7-17(24)15(18)4)22(34)30-11-23(25,26)27/h5-8,28H,9-11H2,1-4H3,(H,29,32)(H,30,34)(H,31,33). The fourth-order valence-corrected chi connectivity index (χ4v) is 3.25. The summed E-state index contributed by atoms with van der Waals surface area (Å²) >= 11 is 0. The van der Waals surface area contributed by atoms with Gasteiger partial charge in [0.1, 0.15) is 12.4 Å². The third-order valence-electron chi connectivity index (χ3n) is 4.88. The van der Waals surface area contributed by atoms with Crippen molar-refractivity contribution in [2.75, 3.05) is 30.3 Å². The molecule has 34 heavy (non-hydrogen) atoms. The first-order valence-corrected chi connectivity index (χ1v) is 10.3. The number of benzene rings is 2. The molecule has 11 heteroatoms. The molecule has 0 radical (unpaired) electrons. The summed E-state index contributed by atoms with van der Waals surface area (Å²) in [6.07, 6.45) is -4.61. The Morgan fingerprint density at radius 1 is 0.853 bits per heavy atom. The third-order valence-corrected chi connectivity index (χ3v) is 4.88. The Hall–Kier alpha value is -3.63. The number of hydrogen-bond donors (Lipinski definition) is 4. The van der Waals surface area contributed by atoms with Crippen LogP contribution in [0.15, 0.2) is 24.3 Å². The van der Waals surface area contributed by atoms with E-state index in [1.165, 1.54) is 6.92 Å². The van der Waals surface area contributed by atoms with Crippen LogP contribution < -0.4 is 21.3 Å². The van der Waals surface area contributed by atoms with Crippen molar-refractivity contribution in [1.82, 2.24) is 10.6 Å². The van der Waals surface area contributed by atoms with Crippen molar-refractivity contribution in [3.05, 3.63) is 57.9 Å². The van der Waals surface area contributed by atoms with Crippen molar-refractivity contribution < 1.29 is 31.9 Å². The Bertz CT molecular complexity index is 1080. The van der Waals surface area contributed by atoms with Crippen molar-refractivity contribution >= 4 is 29.1 Å². The van der Waals surface area contributed by atoms with Gasteiger partial charge in [-0.15, -0.1) is 0 Å². The van der Waals surface area contributed by atoms with E-state index >= 15 is 0 Å². The van der Waals surface area contributed by atoms with Gasteiger partial charge in [0.15, 0.2) is 0 Å². The first-order valence-electron chi connectivity index (χ1n) is 10.3. The number of alkyl halides is 3. The number of carbonyl (C=O) groups excluding carboxylic acids is 3. The zero-order valence-electron chi connectivity index (χ0n) is 19.2. The van der Waals surface area contributed by atoms with E-state index in [9.17, 15) is 31.9 Å². The highest BCUT2D eigenvalue weighted by atomic mass is 19.4. The molecular weight excluding hydrogens is 456 g/mol. The summed E-state index contributed by atoms with van der Waals surface area (Å²) in [7, 11) is 0. The lowest BCUT2D eigenvalue weighted by molar-refractivity contribution is -0.123. The third kappa shape index (κ3) is 7.75. The van der Waals surface area contributed by atoms with Crippen LogP contribution in [0.2, 0.25) is 0 Å². The van der Waals surface area contributed by atoms with Crippen LogP contribution in [-0.2, 0) is 9.59 Å². The van der Waals surface area contributed by atoms with E-state index < -0.39 is 36.3 Å². The number of aryl methyl sites for hydroxylation is 3. The fourth-order valence-electron chi connectivity index (χ4n) is 3.25. The molecule has 7 nitrogen and oxygen atoms in total. The van der Waals surface area contributed by atoms with Crippen molar-refractivity contribution in [3.8, 4) is 0 Å². The van der Waals surface area contributed by atoms with Crippen molar-refractivity contribution in [2.45, 2.75) is 33.9 Å². The molecule has 0 unspecified atom stereocenters. The average molecular weight is 482 g/mol. The summed E-state index contributed by atoms with van der Waals surface area (Å²) < 4.78 is 51.0. The van der Waals surface area contributed by atoms with Crippen LogP contribution >= 0.6 is 0 Å². The Labute approximate surface area is 194 Å². The first-order chi connectivity index (χ1) is 15.8. The van der Waals surface area contributed by atoms with E-state index in [0.29, 0.717) is 5.69 Å². The highest BCUT2D eigenvalue weighted by molar-refractivity contribution is 5.97. The topological polar surface area (TPSA) is 99.3 Å². The van der Waals surface area contributed by atoms with Gasteiger partial charge < -0.3 is 21.3 Å². The van der Waals surface area contributed by atoms with Gasteiger partial charge in [-0.2, -0.15) is 13.2 Å². The SMILES string of the molecule is Cc1cc(C)c(NC(=O)CNC(=O)CNc2cc(C(=O)NCC(F)(F)F)cc(F)c2C)c(C)c1. The van der Waals surface area contributed by atoms with Gasteiger partial charge >= 0.3 is 6.18 Å². The smallest absolute Gasteiger partial charge is 0.376 e. The van der Waals surface area contributed by atoms with Crippen LogP contribution in [0.25, 0.3) is 0 Å². The van der Waals surface area contributed by atoms with Gasteiger partial charge in [0.2, 0.25) is 11.8 Å². The number of amides is 3. The Morgan fingerprint density at radius 3 is 2.06 bits per heavy atom. The normalized spacial score (nSPS) is 11.1. The summed E-state index contributed by atoms with van der Waals surface area (Å²) in [5.41, 5.74) is 3.28. The van der Waals surface area contributed by atoms with Crippen LogP contribution in [0.4, 0.5) is 28.9 Å². The molecule has 2 aromatic carbocycles. The molecule has 2 aromatic rings. The highest BCUT2D eigenvalue weighted by Crippen LogP contribution is 2.22. The molecule has 2 rings (SSSR count). The predicted octanol–water partition coefficient (Wildman–Crippen LogP) is 3.52. The van der Waals surface area contributed by atoms with Crippen LogP contribution in [-0.4, -0.2) is 43.5 Å². The van der Waals surface area contributed by atoms with Gasteiger partial charge in [0.05, 0.1) is 13.1 Å². The molecule has 0 bridgehead atoms. The van der Waals surface area contributed by atoms with Crippen molar-refractivity contribution in [2.24, 2.45) is 0 Å². The van der Waals surface area contributed by atoms with E-state index in [-0.39, 0.29) is 29.9 Å². The first kappa shape index (κ1) is 26.6. The molecule has 0 spiro atoms. The van der Waals surface area contributed by atoms with Gasteiger partial charge in [0.25, 0.3) is 5.91 Å². The van der Waals surface area contributed by atoms with E-state index in [1.54, 1.807) is 5.32 Å². The minimum atomic E-state index is -4.61. The maximum atomic E-state index is 14.2. The molecule has 184 valence electrons. The monoisotopic (exact) mass is 482 g/mol. The molecule has 0 aliphatic rings. The summed E-state index contributed by atoms with van der Waals surface area (Å²) in [5, 5.41) is 9.46. The quantitative estimate of drug-likeness (QED) is 0.433. The van der Waals surface area contributed by atoms with Crippen LogP contribution in [0.3, 0.4) is 0 Å². The van der Waals surface area contributed by atoms with E-state index in [1.807, 2.05) is 32.9 Å². The number of rotatable bonds is 8. The van der Waals surface area contributed by atoms with Crippen molar-refractivity contribution in [3.63, 3.8) is 0 Å². The van der Waals surface area contributed by atoms with Gasteiger partial charge in [-0.05, 0) is 51.0 Å². The summed E-state index contributed by atoms with van der Waals surface area (Å²) in [6.45, 7) is 4.82. The minimum Gasteiger partial charge on any atom is -0.376 e. The number of anilines is 2. The second kappa shape index (κ2) is 11.0. The van der Waals surface area contributed by atoms with Crippen molar-refractivity contribution in [1.29, 1.82) is 0 Å². The lowest BCUT2D eigenvalue weighted by Crippen LogP contribution is -2.36. The number of halogens is 4. The maximum absolute atomic E-state index is 14.2.